The zero-order valence-corrected chi connectivity index (χ0v) is 13.2. The second kappa shape index (κ2) is 5.91. The first-order valence-electron chi connectivity index (χ1n) is 8.49. The summed E-state index contributed by atoms with van der Waals surface area (Å²) in [5.74, 6) is -4.37. The lowest BCUT2D eigenvalue weighted by Gasteiger charge is -2.32. The Morgan fingerprint density at radius 3 is 2.61 bits per heavy atom. The number of aliphatic carboxylic acids is 1. The van der Waals surface area contributed by atoms with Gasteiger partial charge in [-0.2, -0.15) is 0 Å². The van der Waals surface area contributed by atoms with Gasteiger partial charge in [-0.05, 0) is 31.6 Å². The van der Waals surface area contributed by atoms with Gasteiger partial charge in [0, 0.05) is 32.0 Å². The molecular weight excluding hydrogens is 306 g/mol. The van der Waals surface area contributed by atoms with Crippen molar-refractivity contribution in [3.8, 4) is 0 Å². The minimum atomic E-state index is -2.71. The van der Waals surface area contributed by atoms with Crippen LogP contribution in [-0.2, 0) is 4.79 Å². The van der Waals surface area contributed by atoms with Crippen LogP contribution in [0, 0.1) is 17.3 Å². The Kier molecular flexibility index (Phi) is 4.23. The molecule has 1 aliphatic heterocycles. The highest BCUT2D eigenvalue weighted by Crippen LogP contribution is 2.48. The Balaban J connectivity index is 1.57. The largest absolute Gasteiger partial charge is 0.481 e. The molecule has 3 atom stereocenters. The van der Waals surface area contributed by atoms with Crippen molar-refractivity contribution < 1.29 is 23.5 Å². The SMILES string of the molecule is O=C(NCC1CCCCC1(F)F)N1C[C@@H]2CCC[C@@]2(C(=O)O)C1. The third-order valence-corrected chi connectivity index (χ3v) is 5.99. The molecule has 1 unspecified atom stereocenters. The molecule has 3 aliphatic rings. The number of carboxylic acids is 1. The number of fused-ring (bicyclic) bond motifs is 1. The highest BCUT2D eigenvalue weighted by Gasteiger charge is 2.56. The summed E-state index contributed by atoms with van der Waals surface area (Å²) >= 11 is 0. The van der Waals surface area contributed by atoms with Crippen LogP contribution in [-0.4, -0.2) is 47.6 Å². The number of rotatable bonds is 3. The number of likely N-dealkylation sites (tertiary alicyclic amines) is 1. The smallest absolute Gasteiger partial charge is 0.317 e. The highest BCUT2D eigenvalue weighted by atomic mass is 19.3. The van der Waals surface area contributed by atoms with Crippen molar-refractivity contribution >= 4 is 12.0 Å². The lowest BCUT2D eigenvalue weighted by Crippen LogP contribution is -2.46. The van der Waals surface area contributed by atoms with E-state index in [-0.39, 0.29) is 25.4 Å². The van der Waals surface area contributed by atoms with E-state index in [1.54, 1.807) is 0 Å². The van der Waals surface area contributed by atoms with E-state index in [9.17, 15) is 23.5 Å². The molecule has 0 bridgehead atoms. The molecule has 2 amide bonds. The first-order chi connectivity index (χ1) is 10.8. The van der Waals surface area contributed by atoms with Gasteiger partial charge in [0.1, 0.15) is 0 Å². The highest BCUT2D eigenvalue weighted by molar-refractivity contribution is 5.80. The third-order valence-electron chi connectivity index (χ3n) is 5.99. The van der Waals surface area contributed by atoms with Gasteiger partial charge in [0.15, 0.2) is 0 Å². The average Bonchev–Trinajstić information content (AvgIpc) is 3.03. The van der Waals surface area contributed by atoms with Gasteiger partial charge in [0.25, 0.3) is 5.92 Å². The second-order valence-corrected chi connectivity index (χ2v) is 7.32. The first-order valence-corrected chi connectivity index (χ1v) is 8.49. The molecule has 0 spiro atoms. The molecule has 23 heavy (non-hydrogen) atoms. The third kappa shape index (κ3) is 2.90. The van der Waals surface area contributed by atoms with Gasteiger partial charge >= 0.3 is 12.0 Å². The van der Waals surface area contributed by atoms with Gasteiger partial charge in [-0.3, -0.25) is 4.79 Å². The molecule has 2 saturated carbocycles. The maximum atomic E-state index is 13.8. The summed E-state index contributed by atoms with van der Waals surface area (Å²) in [4.78, 5) is 25.4. The normalized spacial score (nSPS) is 35.8. The summed E-state index contributed by atoms with van der Waals surface area (Å²) in [6.07, 6.45) is 3.90. The molecule has 2 N–H and O–H groups in total. The number of halogens is 2. The van der Waals surface area contributed by atoms with Crippen LogP contribution in [0.25, 0.3) is 0 Å². The van der Waals surface area contributed by atoms with Crippen LogP contribution >= 0.6 is 0 Å². The molecule has 1 saturated heterocycles. The number of urea groups is 1. The van der Waals surface area contributed by atoms with Crippen molar-refractivity contribution in [1.29, 1.82) is 0 Å². The summed E-state index contributed by atoms with van der Waals surface area (Å²) < 4.78 is 27.6. The van der Waals surface area contributed by atoms with Crippen molar-refractivity contribution in [2.75, 3.05) is 19.6 Å². The maximum Gasteiger partial charge on any atom is 0.317 e. The second-order valence-electron chi connectivity index (χ2n) is 7.32. The van der Waals surface area contributed by atoms with Gasteiger partial charge < -0.3 is 15.3 Å². The van der Waals surface area contributed by atoms with E-state index in [4.69, 9.17) is 0 Å². The molecule has 0 radical (unpaired) electrons. The monoisotopic (exact) mass is 330 g/mol. The Labute approximate surface area is 134 Å². The summed E-state index contributed by atoms with van der Waals surface area (Å²) in [5.41, 5.74) is -0.827. The van der Waals surface area contributed by atoms with Gasteiger partial charge in [0.05, 0.1) is 5.41 Å². The number of hydrogen-bond donors (Lipinski definition) is 2. The fourth-order valence-corrected chi connectivity index (χ4v) is 4.53. The molecule has 2 aliphatic carbocycles. The minimum Gasteiger partial charge on any atom is -0.481 e. The molecule has 7 heteroatoms. The predicted octanol–water partition coefficient (Wildman–Crippen LogP) is 2.71. The Bertz CT molecular complexity index is 500. The molecule has 3 fully saturated rings. The standard InChI is InChI=1S/C16H24F2N2O3/c17-16(18)7-2-1-4-11(16)8-19-14(23)20-9-12-5-3-6-15(12,10-20)13(21)22/h11-12H,1-10H2,(H,19,23)(H,21,22)/t11?,12-,15+/m0/s1. The molecule has 1 heterocycles. The number of carbonyl (C=O) groups excluding carboxylic acids is 1. The van der Waals surface area contributed by atoms with Crippen LogP contribution in [0.15, 0.2) is 0 Å². The van der Waals surface area contributed by atoms with Crippen molar-refractivity contribution in [2.45, 2.75) is 50.9 Å². The Hall–Kier alpha value is -1.40. The van der Waals surface area contributed by atoms with Crippen LogP contribution < -0.4 is 5.32 Å². The number of nitrogens with one attached hydrogen (secondary N) is 1. The summed E-state index contributed by atoms with van der Waals surface area (Å²) in [6, 6.07) is -0.401. The fraction of sp³-hybridized carbons (Fsp3) is 0.875. The van der Waals surface area contributed by atoms with Crippen LogP contribution in [0.1, 0.15) is 44.9 Å². The number of alkyl halides is 2. The molecule has 0 aromatic heterocycles. The summed E-state index contributed by atoms with van der Waals surface area (Å²) in [7, 11) is 0. The number of carboxylic acid groups (broad SMARTS) is 1. The molecular formula is C16H24F2N2O3. The zero-order valence-electron chi connectivity index (χ0n) is 13.2. The molecule has 0 aromatic rings. The van der Waals surface area contributed by atoms with E-state index in [0.29, 0.717) is 25.8 Å². The minimum absolute atomic E-state index is 0.0122. The fourth-order valence-electron chi connectivity index (χ4n) is 4.53. The Morgan fingerprint density at radius 1 is 1.17 bits per heavy atom. The van der Waals surface area contributed by atoms with Crippen molar-refractivity contribution in [1.82, 2.24) is 10.2 Å². The topological polar surface area (TPSA) is 69.6 Å². The maximum absolute atomic E-state index is 13.8. The Morgan fingerprint density at radius 2 is 1.96 bits per heavy atom. The van der Waals surface area contributed by atoms with Crippen LogP contribution in [0.5, 0.6) is 0 Å². The van der Waals surface area contributed by atoms with E-state index in [1.165, 1.54) is 4.90 Å². The first kappa shape index (κ1) is 16.5. The van der Waals surface area contributed by atoms with E-state index in [1.807, 2.05) is 0 Å². The predicted molar refractivity (Wildman–Crippen MR) is 79.3 cm³/mol. The zero-order chi connectivity index (χ0) is 16.7. The van der Waals surface area contributed by atoms with E-state index < -0.39 is 29.3 Å². The van der Waals surface area contributed by atoms with Crippen LogP contribution in [0.3, 0.4) is 0 Å². The van der Waals surface area contributed by atoms with Crippen molar-refractivity contribution in [3.63, 3.8) is 0 Å². The van der Waals surface area contributed by atoms with E-state index in [2.05, 4.69) is 5.32 Å². The number of hydrogen-bond acceptors (Lipinski definition) is 2. The number of amides is 2. The quantitative estimate of drug-likeness (QED) is 0.836. The molecule has 3 rings (SSSR count). The lowest BCUT2D eigenvalue weighted by atomic mass is 9.81. The van der Waals surface area contributed by atoms with Crippen molar-refractivity contribution in [2.24, 2.45) is 17.3 Å². The molecule has 5 nitrogen and oxygen atoms in total. The van der Waals surface area contributed by atoms with Gasteiger partial charge in [-0.15, -0.1) is 0 Å². The summed E-state index contributed by atoms with van der Waals surface area (Å²) in [5, 5.41) is 12.1. The lowest BCUT2D eigenvalue weighted by molar-refractivity contribution is -0.149. The van der Waals surface area contributed by atoms with E-state index >= 15 is 0 Å². The van der Waals surface area contributed by atoms with Crippen molar-refractivity contribution in [3.05, 3.63) is 0 Å². The van der Waals surface area contributed by atoms with Crippen LogP contribution in [0.4, 0.5) is 13.6 Å². The van der Waals surface area contributed by atoms with Gasteiger partial charge in [-0.1, -0.05) is 12.8 Å². The molecule has 0 aromatic carbocycles. The number of nitrogens with zero attached hydrogens (tertiary/aromatic N) is 1. The van der Waals surface area contributed by atoms with Gasteiger partial charge in [0.2, 0.25) is 0 Å². The molecule has 130 valence electrons. The average molecular weight is 330 g/mol. The summed E-state index contributed by atoms with van der Waals surface area (Å²) in [6.45, 7) is 0.576. The van der Waals surface area contributed by atoms with E-state index in [0.717, 1.165) is 19.3 Å². The number of carbonyl (C=O) groups is 2. The van der Waals surface area contributed by atoms with Crippen LogP contribution in [0.2, 0.25) is 0 Å². The van der Waals surface area contributed by atoms with Gasteiger partial charge in [-0.25, -0.2) is 13.6 Å².